The highest BCUT2D eigenvalue weighted by atomic mass is 16.0. The molecular weight excluding hydrogens is 342 g/mol. The van der Waals surface area contributed by atoms with Crippen molar-refractivity contribution in [1.82, 2.24) is 0 Å². The zero-order valence-electron chi connectivity index (χ0n) is 20.5. The molecule has 0 amide bonds. The topological polar surface area (TPSA) is 30.0 Å². The minimum absolute atomic E-state index is 0. The van der Waals surface area contributed by atoms with E-state index in [0.717, 1.165) is 0 Å². The summed E-state index contributed by atoms with van der Waals surface area (Å²) in [6.45, 7) is 15.2. The summed E-state index contributed by atoms with van der Waals surface area (Å²) in [5.74, 6) is 0. The maximum atomic E-state index is 2.35. The molecule has 172 valence electrons. The van der Waals surface area contributed by atoms with E-state index in [4.69, 9.17) is 0 Å². The van der Waals surface area contributed by atoms with E-state index < -0.39 is 0 Å². The van der Waals surface area contributed by atoms with Gasteiger partial charge in [-0.05, 0) is 51.4 Å². The highest BCUT2D eigenvalue weighted by molar-refractivity contribution is 4.53. The first-order valence-corrected chi connectivity index (χ1v) is 13.1. The van der Waals surface area contributed by atoms with E-state index in [1.54, 1.807) is 0 Å². The molecule has 0 fully saturated rings. The maximum absolute atomic E-state index is 2.35. The molecule has 0 saturated heterocycles. The average molecular weight is 400 g/mol. The molecule has 0 aliphatic rings. The first-order valence-electron chi connectivity index (χ1n) is 13.1. The van der Waals surface area contributed by atoms with Crippen molar-refractivity contribution in [2.75, 3.05) is 26.2 Å². The maximum Gasteiger partial charge on any atom is 0.0786 e. The Kier molecular flexibility index (Phi) is 25.0. The molecule has 1 N–H and O–H groups in total. The van der Waals surface area contributed by atoms with Crippen LogP contribution in [0, 0.1) is 0 Å². The van der Waals surface area contributed by atoms with Gasteiger partial charge in [-0.25, -0.2) is 0 Å². The van der Waals surface area contributed by atoms with E-state index in [9.17, 15) is 0 Å². The van der Waals surface area contributed by atoms with Crippen LogP contribution in [0.5, 0.6) is 0 Å². The average Bonchev–Trinajstić information content (AvgIpc) is 2.67. The Balaban J connectivity index is 0. The number of nitrogens with zero attached hydrogens (tertiary/aromatic N) is 1. The third kappa shape index (κ3) is 18.0. The van der Waals surface area contributed by atoms with Crippen molar-refractivity contribution >= 4 is 0 Å². The fraction of sp³-hybridized carbons (Fsp3) is 1.00. The van der Waals surface area contributed by atoms with Gasteiger partial charge >= 0.3 is 0 Å². The Hall–Kier alpha value is -0.0800. The van der Waals surface area contributed by atoms with Crippen LogP contribution in [0.2, 0.25) is 0 Å². The fourth-order valence-electron chi connectivity index (χ4n) is 4.52. The molecule has 0 atom stereocenters. The molecule has 0 aromatic heterocycles. The zero-order chi connectivity index (χ0) is 20.1. The lowest BCUT2D eigenvalue weighted by Crippen LogP contribution is -2.50. The molecular formula is C26H57NO. The molecule has 0 aliphatic heterocycles. The number of quaternary nitrogens is 1. The standard InChI is InChI=1S/C26H56N.H2O/c1-5-9-13-15-17-21-25-27(23-19-11-7-3,24-20-12-8-4)26-22-18-16-14-10-6-2;/h5-26H2,1-4H3;1H2/q+1;/p-1. The van der Waals surface area contributed by atoms with E-state index in [0.29, 0.717) is 0 Å². The number of rotatable bonds is 22. The van der Waals surface area contributed by atoms with Gasteiger partial charge in [0.1, 0.15) is 0 Å². The first kappa shape index (κ1) is 30.1. The van der Waals surface area contributed by atoms with E-state index in [2.05, 4.69) is 27.7 Å². The van der Waals surface area contributed by atoms with Gasteiger partial charge in [0.15, 0.2) is 0 Å². The summed E-state index contributed by atoms with van der Waals surface area (Å²) in [4.78, 5) is 0. The molecule has 0 aromatic carbocycles. The predicted octanol–water partition coefficient (Wildman–Crippen LogP) is 8.73. The molecule has 28 heavy (non-hydrogen) atoms. The van der Waals surface area contributed by atoms with Crippen LogP contribution in [0.1, 0.15) is 143 Å². The highest BCUT2D eigenvalue weighted by Gasteiger charge is 2.25. The second kappa shape index (κ2) is 23.2. The predicted molar refractivity (Wildman–Crippen MR) is 127 cm³/mol. The zero-order valence-corrected chi connectivity index (χ0v) is 20.5. The lowest BCUT2D eigenvalue weighted by Gasteiger charge is -2.39. The third-order valence-corrected chi connectivity index (χ3v) is 6.44. The molecule has 2 heteroatoms. The van der Waals surface area contributed by atoms with Crippen molar-refractivity contribution in [3.05, 3.63) is 0 Å². The van der Waals surface area contributed by atoms with Crippen LogP contribution < -0.4 is 0 Å². The molecule has 0 aliphatic carbocycles. The Labute approximate surface area is 179 Å². The SMILES string of the molecule is CCCCCCCC[N+](CCCCC)(CCCCC)CCCCCCCC.[OH-]. The highest BCUT2D eigenvalue weighted by Crippen LogP contribution is 2.19. The van der Waals surface area contributed by atoms with Crippen LogP contribution in [0.3, 0.4) is 0 Å². The molecule has 0 spiro atoms. The second-order valence-electron chi connectivity index (χ2n) is 9.19. The Morgan fingerprint density at radius 3 is 0.857 bits per heavy atom. The summed E-state index contributed by atoms with van der Waals surface area (Å²) in [6.07, 6.45) is 25.8. The molecule has 0 rings (SSSR count). The van der Waals surface area contributed by atoms with Crippen LogP contribution in [-0.4, -0.2) is 36.1 Å². The van der Waals surface area contributed by atoms with Crippen molar-refractivity contribution in [3.63, 3.8) is 0 Å². The van der Waals surface area contributed by atoms with Crippen LogP contribution in [0.15, 0.2) is 0 Å². The van der Waals surface area contributed by atoms with E-state index >= 15 is 0 Å². The van der Waals surface area contributed by atoms with Gasteiger partial charge in [-0.3, -0.25) is 0 Å². The van der Waals surface area contributed by atoms with Crippen LogP contribution in [0.4, 0.5) is 0 Å². The number of hydrogen-bond acceptors (Lipinski definition) is 1. The molecule has 2 nitrogen and oxygen atoms in total. The van der Waals surface area contributed by atoms with E-state index in [1.807, 2.05) is 0 Å². The molecule has 0 heterocycles. The second-order valence-corrected chi connectivity index (χ2v) is 9.19. The van der Waals surface area contributed by atoms with Crippen molar-refractivity contribution in [2.45, 2.75) is 143 Å². The Morgan fingerprint density at radius 2 is 0.536 bits per heavy atom. The van der Waals surface area contributed by atoms with Crippen molar-refractivity contribution in [2.24, 2.45) is 0 Å². The van der Waals surface area contributed by atoms with Crippen molar-refractivity contribution < 1.29 is 9.96 Å². The molecule has 0 bridgehead atoms. The number of hydrogen-bond donors (Lipinski definition) is 0. The van der Waals surface area contributed by atoms with Crippen molar-refractivity contribution in [3.8, 4) is 0 Å². The summed E-state index contributed by atoms with van der Waals surface area (Å²) in [6, 6.07) is 0. The first-order chi connectivity index (χ1) is 13.2. The van der Waals surface area contributed by atoms with Gasteiger partial charge in [0.25, 0.3) is 0 Å². The quantitative estimate of drug-likeness (QED) is 0.132. The lowest BCUT2D eigenvalue weighted by molar-refractivity contribution is -0.929. The summed E-state index contributed by atoms with van der Waals surface area (Å²) < 4.78 is 1.46. The molecule has 0 aromatic rings. The van der Waals surface area contributed by atoms with Gasteiger partial charge in [-0.15, -0.1) is 0 Å². The van der Waals surface area contributed by atoms with Gasteiger partial charge in [0.2, 0.25) is 0 Å². The third-order valence-electron chi connectivity index (χ3n) is 6.44. The minimum Gasteiger partial charge on any atom is -0.870 e. The molecule has 0 radical (unpaired) electrons. The lowest BCUT2D eigenvalue weighted by atomic mass is 10.1. The summed E-state index contributed by atoms with van der Waals surface area (Å²) in [5, 5.41) is 0. The molecule has 0 saturated carbocycles. The van der Waals surface area contributed by atoms with Crippen LogP contribution >= 0.6 is 0 Å². The van der Waals surface area contributed by atoms with Gasteiger partial charge in [-0.1, -0.05) is 91.9 Å². The monoisotopic (exact) mass is 399 g/mol. The van der Waals surface area contributed by atoms with Gasteiger partial charge in [0, 0.05) is 0 Å². The van der Waals surface area contributed by atoms with E-state index in [1.165, 1.54) is 146 Å². The summed E-state index contributed by atoms with van der Waals surface area (Å²) in [5.41, 5.74) is 0. The fourth-order valence-corrected chi connectivity index (χ4v) is 4.52. The van der Waals surface area contributed by atoms with Crippen molar-refractivity contribution in [1.29, 1.82) is 0 Å². The normalized spacial score (nSPS) is 11.6. The van der Waals surface area contributed by atoms with E-state index in [-0.39, 0.29) is 5.48 Å². The van der Waals surface area contributed by atoms with Gasteiger partial charge in [0.05, 0.1) is 26.2 Å². The van der Waals surface area contributed by atoms with Crippen LogP contribution in [-0.2, 0) is 0 Å². The smallest absolute Gasteiger partial charge is 0.0786 e. The van der Waals surface area contributed by atoms with Gasteiger partial charge < -0.3 is 9.96 Å². The number of unbranched alkanes of at least 4 members (excludes halogenated alkanes) is 14. The van der Waals surface area contributed by atoms with Gasteiger partial charge in [-0.2, -0.15) is 0 Å². The minimum atomic E-state index is 0. The summed E-state index contributed by atoms with van der Waals surface area (Å²) in [7, 11) is 0. The Morgan fingerprint density at radius 1 is 0.321 bits per heavy atom. The molecule has 0 unspecified atom stereocenters. The largest absolute Gasteiger partial charge is 0.870 e. The van der Waals surface area contributed by atoms with Crippen LogP contribution in [0.25, 0.3) is 0 Å². The summed E-state index contributed by atoms with van der Waals surface area (Å²) >= 11 is 0. The Bertz CT molecular complexity index is 252.